The highest BCUT2D eigenvalue weighted by molar-refractivity contribution is 7.15. The van der Waals surface area contributed by atoms with E-state index in [1.807, 2.05) is 0 Å². The molecule has 1 aromatic heterocycles. The number of carbonyl (C=O) groups is 1. The molecule has 84 valence electrons. The van der Waals surface area contributed by atoms with Crippen molar-refractivity contribution in [3.8, 4) is 0 Å². The number of thiazole rings is 1. The molecular weight excluding hydrogens is 212 g/mol. The lowest BCUT2D eigenvalue weighted by Crippen LogP contribution is -2.09. The van der Waals surface area contributed by atoms with E-state index in [9.17, 15) is 4.79 Å². The van der Waals surface area contributed by atoms with Gasteiger partial charge in [-0.25, -0.2) is 4.98 Å². The van der Waals surface area contributed by atoms with E-state index < -0.39 is 0 Å². The fourth-order valence-electron chi connectivity index (χ4n) is 1.31. The molecule has 1 rings (SSSR count). The van der Waals surface area contributed by atoms with Gasteiger partial charge >= 0.3 is 5.97 Å². The van der Waals surface area contributed by atoms with Crippen molar-refractivity contribution in [2.75, 3.05) is 12.3 Å². The monoisotopic (exact) mass is 228 g/mol. The van der Waals surface area contributed by atoms with Crippen LogP contribution in [0.1, 0.15) is 37.3 Å². The topological polar surface area (TPSA) is 65.2 Å². The second-order valence-corrected chi connectivity index (χ2v) is 4.56. The first-order chi connectivity index (χ1) is 7.04. The maximum absolute atomic E-state index is 11.3. The van der Waals surface area contributed by atoms with Crippen LogP contribution in [0.4, 0.5) is 5.13 Å². The summed E-state index contributed by atoms with van der Waals surface area (Å²) in [5, 5.41) is 0.512. The summed E-state index contributed by atoms with van der Waals surface area (Å²) >= 11 is 1.44. The highest BCUT2D eigenvalue weighted by atomic mass is 32.1. The van der Waals surface area contributed by atoms with E-state index in [1.165, 1.54) is 11.3 Å². The normalized spacial score (nSPS) is 10.7. The van der Waals surface area contributed by atoms with Gasteiger partial charge in [-0.15, -0.1) is 11.3 Å². The van der Waals surface area contributed by atoms with Gasteiger partial charge in [-0.05, 0) is 12.8 Å². The second kappa shape index (κ2) is 5.11. The molecule has 0 unspecified atom stereocenters. The van der Waals surface area contributed by atoms with Crippen molar-refractivity contribution >= 4 is 22.4 Å². The van der Waals surface area contributed by atoms with Gasteiger partial charge in [0.1, 0.15) is 0 Å². The molecule has 0 aromatic carbocycles. The molecule has 1 aromatic rings. The number of esters is 1. The zero-order chi connectivity index (χ0) is 11.4. The van der Waals surface area contributed by atoms with Gasteiger partial charge in [-0.2, -0.15) is 0 Å². The number of aromatic nitrogens is 1. The molecule has 0 radical (unpaired) electrons. The lowest BCUT2D eigenvalue weighted by atomic mass is 10.1. The SMILES string of the molecule is CCOC(=O)Cc1nc(N)sc1C(C)C. The Hall–Kier alpha value is -1.10. The molecule has 0 aliphatic carbocycles. The standard InChI is InChI=1S/C10H16N2O2S/c1-4-14-8(13)5-7-9(6(2)3)15-10(11)12-7/h6H,4-5H2,1-3H3,(H2,11,12). The first-order valence-corrected chi connectivity index (χ1v) is 5.77. The fourth-order valence-corrected chi connectivity index (χ4v) is 2.16. The lowest BCUT2D eigenvalue weighted by Gasteiger charge is -2.04. The quantitative estimate of drug-likeness (QED) is 0.800. The molecule has 15 heavy (non-hydrogen) atoms. The Balaban J connectivity index is 2.79. The molecule has 0 atom stereocenters. The van der Waals surface area contributed by atoms with Crippen LogP contribution in [0.3, 0.4) is 0 Å². The van der Waals surface area contributed by atoms with Gasteiger partial charge in [0.05, 0.1) is 18.7 Å². The smallest absolute Gasteiger partial charge is 0.311 e. The summed E-state index contributed by atoms with van der Waals surface area (Å²) in [7, 11) is 0. The van der Waals surface area contributed by atoms with Gasteiger partial charge in [0.25, 0.3) is 0 Å². The summed E-state index contributed by atoms with van der Waals surface area (Å²) in [6.07, 6.45) is 0.217. The molecule has 0 saturated heterocycles. The molecule has 5 heteroatoms. The first kappa shape index (κ1) is 12.0. The Morgan fingerprint density at radius 3 is 2.80 bits per heavy atom. The van der Waals surface area contributed by atoms with E-state index in [0.29, 0.717) is 17.7 Å². The lowest BCUT2D eigenvalue weighted by molar-refractivity contribution is -0.142. The first-order valence-electron chi connectivity index (χ1n) is 4.95. The molecule has 0 spiro atoms. The maximum atomic E-state index is 11.3. The van der Waals surface area contributed by atoms with E-state index >= 15 is 0 Å². The van der Waals surface area contributed by atoms with Gasteiger partial charge in [-0.1, -0.05) is 13.8 Å². The maximum Gasteiger partial charge on any atom is 0.311 e. The summed E-state index contributed by atoms with van der Waals surface area (Å²) in [6, 6.07) is 0. The zero-order valence-corrected chi connectivity index (χ0v) is 10.1. The number of hydrogen-bond acceptors (Lipinski definition) is 5. The molecule has 0 bridgehead atoms. The van der Waals surface area contributed by atoms with Crippen molar-refractivity contribution in [3.63, 3.8) is 0 Å². The van der Waals surface area contributed by atoms with Crippen LogP contribution >= 0.6 is 11.3 Å². The van der Waals surface area contributed by atoms with E-state index in [0.717, 1.165) is 10.6 Å². The summed E-state index contributed by atoms with van der Waals surface area (Å²) < 4.78 is 4.87. The molecule has 2 N–H and O–H groups in total. The number of carbonyl (C=O) groups excluding carboxylic acids is 1. The Bertz CT molecular complexity index is 347. The Labute approximate surface area is 93.5 Å². The summed E-state index contributed by atoms with van der Waals surface area (Å²) in [5.41, 5.74) is 6.38. The van der Waals surface area contributed by atoms with Crippen LogP contribution in [-0.4, -0.2) is 17.6 Å². The molecule has 0 fully saturated rings. The highest BCUT2D eigenvalue weighted by Crippen LogP contribution is 2.28. The minimum atomic E-state index is -0.246. The number of ether oxygens (including phenoxy) is 1. The predicted molar refractivity (Wildman–Crippen MR) is 61.0 cm³/mol. The molecule has 0 saturated carbocycles. The van der Waals surface area contributed by atoms with Gasteiger partial charge in [-0.3, -0.25) is 4.79 Å². The molecule has 0 aliphatic heterocycles. The number of hydrogen-bond donors (Lipinski definition) is 1. The van der Waals surface area contributed by atoms with Crippen LogP contribution in [0, 0.1) is 0 Å². The van der Waals surface area contributed by atoms with Crippen molar-refractivity contribution in [2.24, 2.45) is 0 Å². The zero-order valence-electron chi connectivity index (χ0n) is 9.24. The number of nitrogens with zero attached hydrogens (tertiary/aromatic N) is 1. The minimum Gasteiger partial charge on any atom is -0.466 e. The van der Waals surface area contributed by atoms with Crippen LogP contribution in [-0.2, 0) is 16.0 Å². The summed E-state index contributed by atoms with van der Waals surface area (Å²) in [6.45, 7) is 6.30. The van der Waals surface area contributed by atoms with Crippen molar-refractivity contribution in [2.45, 2.75) is 33.1 Å². The third-order valence-corrected chi connectivity index (χ3v) is 3.11. The van der Waals surface area contributed by atoms with Crippen LogP contribution in [0.5, 0.6) is 0 Å². The number of nitrogen functional groups attached to an aromatic ring is 1. The molecule has 4 nitrogen and oxygen atoms in total. The third-order valence-electron chi connectivity index (χ3n) is 1.89. The van der Waals surface area contributed by atoms with Crippen LogP contribution in [0.15, 0.2) is 0 Å². The van der Waals surface area contributed by atoms with Crippen molar-refractivity contribution in [1.82, 2.24) is 4.98 Å². The van der Waals surface area contributed by atoms with E-state index in [-0.39, 0.29) is 12.4 Å². The van der Waals surface area contributed by atoms with Crippen molar-refractivity contribution in [1.29, 1.82) is 0 Å². The van der Waals surface area contributed by atoms with Crippen LogP contribution in [0.25, 0.3) is 0 Å². The molecule has 1 heterocycles. The Morgan fingerprint density at radius 1 is 1.60 bits per heavy atom. The van der Waals surface area contributed by atoms with Crippen LogP contribution in [0.2, 0.25) is 0 Å². The average molecular weight is 228 g/mol. The van der Waals surface area contributed by atoms with Crippen molar-refractivity contribution < 1.29 is 9.53 Å². The fraction of sp³-hybridized carbons (Fsp3) is 0.600. The largest absolute Gasteiger partial charge is 0.466 e. The highest BCUT2D eigenvalue weighted by Gasteiger charge is 2.16. The minimum absolute atomic E-state index is 0.217. The Kier molecular flexibility index (Phi) is 4.08. The van der Waals surface area contributed by atoms with Gasteiger partial charge < -0.3 is 10.5 Å². The summed E-state index contributed by atoms with van der Waals surface area (Å²) in [4.78, 5) is 16.5. The summed E-state index contributed by atoms with van der Waals surface area (Å²) in [5.74, 6) is 0.0916. The number of rotatable bonds is 4. The van der Waals surface area contributed by atoms with Gasteiger partial charge in [0, 0.05) is 4.88 Å². The van der Waals surface area contributed by atoms with Crippen LogP contribution < -0.4 is 5.73 Å². The molecule has 0 amide bonds. The van der Waals surface area contributed by atoms with E-state index in [4.69, 9.17) is 10.5 Å². The number of anilines is 1. The molecular formula is C10H16N2O2S. The second-order valence-electron chi connectivity index (χ2n) is 3.50. The average Bonchev–Trinajstić information content (AvgIpc) is 2.47. The van der Waals surface area contributed by atoms with E-state index in [1.54, 1.807) is 6.92 Å². The van der Waals surface area contributed by atoms with Gasteiger partial charge in [0.2, 0.25) is 0 Å². The molecule has 0 aliphatic rings. The number of nitrogens with two attached hydrogens (primary N) is 1. The Morgan fingerprint density at radius 2 is 2.27 bits per heavy atom. The predicted octanol–water partition coefficient (Wildman–Crippen LogP) is 1.95. The van der Waals surface area contributed by atoms with Gasteiger partial charge in [0.15, 0.2) is 5.13 Å². The van der Waals surface area contributed by atoms with E-state index in [2.05, 4.69) is 18.8 Å². The van der Waals surface area contributed by atoms with Crippen molar-refractivity contribution in [3.05, 3.63) is 10.6 Å². The third kappa shape index (κ3) is 3.20.